The van der Waals surface area contributed by atoms with Crippen molar-refractivity contribution in [1.29, 1.82) is 0 Å². The number of aromatic nitrogens is 1. The van der Waals surface area contributed by atoms with Crippen LogP contribution in [0.2, 0.25) is 0 Å². The minimum Gasteiger partial charge on any atom is -0.386 e. The van der Waals surface area contributed by atoms with Crippen molar-refractivity contribution in [2.24, 2.45) is 0 Å². The number of benzene rings is 2. The second kappa shape index (κ2) is 4.50. The number of nitrogens with zero attached hydrogens (tertiary/aromatic N) is 1. The number of fused-ring (bicyclic) bond motifs is 1. The number of rotatable bonds is 2. The van der Waals surface area contributed by atoms with Gasteiger partial charge in [0.05, 0.1) is 11.1 Å². The standard InChI is InChI=1S/C18H19NO/c1-13-8-10-14(11-9-13)19-12-16(18(2,3)20)15-6-4-5-7-17(15)19/h4-12,20H,1-3H3. The molecule has 0 spiro atoms. The molecule has 0 aliphatic carbocycles. The Kier molecular flexibility index (Phi) is 2.91. The molecule has 0 radical (unpaired) electrons. The Morgan fingerprint density at radius 3 is 2.25 bits per heavy atom. The molecule has 1 heterocycles. The monoisotopic (exact) mass is 265 g/mol. The lowest BCUT2D eigenvalue weighted by atomic mass is 9.98. The van der Waals surface area contributed by atoms with E-state index < -0.39 is 5.60 Å². The van der Waals surface area contributed by atoms with Crippen molar-refractivity contribution in [1.82, 2.24) is 4.57 Å². The minimum absolute atomic E-state index is 0.852. The van der Waals surface area contributed by atoms with E-state index in [-0.39, 0.29) is 0 Å². The van der Waals surface area contributed by atoms with Crippen LogP contribution in [0, 0.1) is 6.92 Å². The summed E-state index contributed by atoms with van der Waals surface area (Å²) in [5.74, 6) is 0. The summed E-state index contributed by atoms with van der Waals surface area (Å²) in [7, 11) is 0. The Bertz CT molecular complexity index is 745. The molecule has 1 aromatic heterocycles. The van der Waals surface area contributed by atoms with Crippen LogP contribution in [-0.4, -0.2) is 9.67 Å². The predicted molar refractivity (Wildman–Crippen MR) is 83.3 cm³/mol. The van der Waals surface area contributed by atoms with Crippen LogP contribution >= 0.6 is 0 Å². The number of aliphatic hydroxyl groups is 1. The van der Waals surface area contributed by atoms with Crippen LogP contribution < -0.4 is 0 Å². The number of aryl methyl sites for hydroxylation is 1. The van der Waals surface area contributed by atoms with E-state index in [0.717, 1.165) is 22.2 Å². The largest absolute Gasteiger partial charge is 0.386 e. The van der Waals surface area contributed by atoms with Gasteiger partial charge in [-0.15, -0.1) is 0 Å². The first-order valence-corrected chi connectivity index (χ1v) is 6.87. The summed E-state index contributed by atoms with van der Waals surface area (Å²) < 4.78 is 2.14. The molecule has 3 aromatic rings. The van der Waals surface area contributed by atoms with Gasteiger partial charge in [-0.05, 0) is 39.0 Å². The third-order valence-corrected chi connectivity index (χ3v) is 3.68. The molecule has 0 bridgehead atoms. The van der Waals surface area contributed by atoms with Gasteiger partial charge < -0.3 is 9.67 Å². The first-order chi connectivity index (χ1) is 9.47. The summed E-state index contributed by atoms with van der Waals surface area (Å²) in [6.07, 6.45) is 2.04. The van der Waals surface area contributed by atoms with E-state index in [0.29, 0.717) is 0 Å². The molecule has 0 unspecified atom stereocenters. The van der Waals surface area contributed by atoms with Gasteiger partial charge in [0.1, 0.15) is 0 Å². The van der Waals surface area contributed by atoms with E-state index in [1.54, 1.807) is 0 Å². The maximum Gasteiger partial charge on any atom is 0.0861 e. The first kappa shape index (κ1) is 12.9. The number of para-hydroxylation sites is 1. The van der Waals surface area contributed by atoms with Gasteiger partial charge in [0, 0.05) is 22.8 Å². The van der Waals surface area contributed by atoms with Crippen molar-refractivity contribution >= 4 is 10.9 Å². The molecular formula is C18H19NO. The molecule has 2 aromatic carbocycles. The van der Waals surface area contributed by atoms with Crippen molar-refractivity contribution in [2.45, 2.75) is 26.4 Å². The lowest BCUT2D eigenvalue weighted by Gasteiger charge is -2.16. The van der Waals surface area contributed by atoms with Crippen LogP contribution in [0.4, 0.5) is 0 Å². The van der Waals surface area contributed by atoms with Crippen molar-refractivity contribution in [3.05, 3.63) is 65.9 Å². The SMILES string of the molecule is Cc1ccc(-n2cc(C(C)(C)O)c3ccccc32)cc1. The van der Waals surface area contributed by atoms with Crippen molar-refractivity contribution in [3.8, 4) is 5.69 Å². The Morgan fingerprint density at radius 2 is 1.60 bits per heavy atom. The molecule has 0 amide bonds. The van der Waals surface area contributed by atoms with E-state index in [4.69, 9.17) is 0 Å². The second-order valence-electron chi connectivity index (χ2n) is 5.82. The summed E-state index contributed by atoms with van der Waals surface area (Å²) in [6.45, 7) is 5.74. The van der Waals surface area contributed by atoms with Gasteiger partial charge in [0.2, 0.25) is 0 Å². The van der Waals surface area contributed by atoms with Crippen LogP contribution in [0.15, 0.2) is 54.7 Å². The van der Waals surface area contributed by atoms with Gasteiger partial charge in [-0.2, -0.15) is 0 Å². The molecule has 2 heteroatoms. The Morgan fingerprint density at radius 1 is 0.950 bits per heavy atom. The highest BCUT2D eigenvalue weighted by atomic mass is 16.3. The third kappa shape index (κ3) is 2.12. The lowest BCUT2D eigenvalue weighted by molar-refractivity contribution is 0.0801. The molecule has 0 fully saturated rings. The summed E-state index contributed by atoms with van der Waals surface area (Å²) in [5.41, 5.74) is 3.58. The summed E-state index contributed by atoms with van der Waals surface area (Å²) in [4.78, 5) is 0. The van der Waals surface area contributed by atoms with E-state index in [1.807, 2.05) is 32.2 Å². The lowest BCUT2D eigenvalue weighted by Crippen LogP contribution is -2.14. The molecule has 2 nitrogen and oxygen atoms in total. The number of hydrogen-bond donors (Lipinski definition) is 1. The van der Waals surface area contributed by atoms with Gasteiger partial charge >= 0.3 is 0 Å². The van der Waals surface area contributed by atoms with Crippen molar-refractivity contribution in [3.63, 3.8) is 0 Å². The van der Waals surface area contributed by atoms with Gasteiger partial charge in [0.25, 0.3) is 0 Å². The smallest absolute Gasteiger partial charge is 0.0861 e. The van der Waals surface area contributed by atoms with Gasteiger partial charge in [0.15, 0.2) is 0 Å². The highest BCUT2D eigenvalue weighted by molar-refractivity contribution is 5.86. The molecular weight excluding hydrogens is 246 g/mol. The average Bonchev–Trinajstić information content (AvgIpc) is 2.79. The predicted octanol–water partition coefficient (Wildman–Crippen LogP) is 4.17. The fourth-order valence-electron chi connectivity index (χ4n) is 2.59. The van der Waals surface area contributed by atoms with E-state index in [1.165, 1.54) is 5.56 Å². The molecule has 1 N–H and O–H groups in total. The topological polar surface area (TPSA) is 25.2 Å². The maximum atomic E-state index is 10.4. The van der Waals surface area contributed by atoms with Crippen molar-refractivity contribution < 1.29 is 5.11 Å². The van der Waals surface area contributed by atoms with Crippen LogP contribution in [0.3, 0.4) is 0 Å². The van der Waals surface area contributed by atoms with Gasteiger partial charge in [-0.25, -0.2) is 0 Å². The fourth-order valence-corrected chi connectivity index (χ4v) is 2.59. The van der Waals surface area contributed by atoms with Gasteiger partial charge in [-0.1, -0.05) is 35.9 Å². The van der Waals surface area contributed by atoms with Gasteiger partial charge in [-0.3, -0.25) is 0 Å². The number of hydrogen-bond acceptors (Lipinski definition) is 1. The average molecular weight is 265 g/mol. The van der Waals surface area contributed by atoms with Crippen molar-refractivity contribution in [2.75, 3.05) is 0 Å². The highest BCUT2D eigenvalue weighted by Gasteiger charge is 2.22. The normalized spacial score (nSPS) is 12.0. The van der Waals surface area contributed by atoms with E-state index in [9.17, 15) is 5.11 Å². The summed E-state index contributed by atoms with van der Waals surface area (Å²) in [5, 5.41) is 11.5. The Balaban J connectivity index is 2.29. The van der Waals surface area contributed by atoms with E-state index in [2.05, 4.69) is 47.9 Å². The molecule has 0 saturated carbocycles. The third-order valence-electron chi connectivity index (χ3n) is 3.68. The van der Waals surface area contributed by atoms with Crippen LogP contribution in [0.25, 0.3) is 16.6 Å². The quantitative estimate of drug-likeness (QED) is 0.739. The Labute approximate surface area is 119 Å². The van der Waals surface area contributed by atoms with Crippen LogP contribution in [-0.2, 0) is 5.60 Å². The molecule has 3 rings (SSSR count). The molecule has 0 aliphatic rings. The van der Waals surface area contributed by atoms with E-state index >= 15 is 0 Å². The van der Waals surface area contributed by atoms with Crippen LogP contribution in [0.5, 0.6) is 0 Å². The zero-order chi connectivity index (χ0) is 14.3. The maximum absolute atomic E-state index is 10.4. The molecule has 20 heavy (non-hydrogen) atoms. The molecule has 102 valence electrons. The first-order valence-electron chi connectivity index (χ1n) is 6.87. The molecule has 0 saturated heterocycles. The Hall–Kier alpha value is -2.06. The zero-order valence-corrected chi connectivity index (χ0v) is 12.1. The highest BCUT2D eigenvalue weighted by Crippen LogP contribution is 2.32. The second-order valence-corrected chi connectivity index (χ2v) is 5.82. The molecule has 0 atom stereocenters. The summed E-state index contributed by atoms with van der Waals surface area (Å²) >= 11 is 0. The van der Waals surface area contributed by atoms with Crippen LogP contribution in [0.1, 0.15) is 25.0 Å². The minimum atomic E-state index is -0.852. The summed E-state index contributed by atoms with van der Waals surface area (Å²) in [6, 6.07) is 16.6. The fraction of sp³-hybridized carbons (Fsp3) is 0.222. The zero-order valence-electron chi connectivity index (χ0n) is 12.1. The molecule has 0 aliphatic heterocycles.